The van der Waals surface area contributed by atoms with Gasteiger partial charge in [-0.25, -0.2) is 4.98 Å². The SMILES string of the molecule is Nc1ccc(Cn2ccnc2Cc2ccncc2)cc1. The van der Waals surface area contributed by atoms with E-state index in [1.165, 1.54) is 11.1 Å². The normalized spacial score (nSPS) is 10.6. The summed E-state index contributed by atoms with van der Waals surface area (Å²) in [5.74, 6) is 1.05. The van der Waals surface area contributed by atoms with E-state index in [9.17, 15) is 0 Å². The Bertz CT molecular complexity index is 671. The minimum atomic E-state index is 0.788. The molecule has 100 valence electrons. The van der Waals surface area contributed by atoms with Crippen LogP contribution in [0.25, 0.3) is 0 Å². The van der Waals surface area contributed by atoms with Gasteiger partial charge in [0.2, 0.25) is 0 Å². The number of anilines is 1. The Morgan fingerprint density at radius 3 is 2.40 bits per heavy atom. The highest BCUT2D eigenvalue weighted by atomic mass is 15.1. The molecule has 0 saturated carbocycles. The van der Waals surface area contributed by atoms with Crippen LogP contribution in [-0.2, 0) is 13.0 Å². The Hall–Kier alpha value is -2.62. The molecule has 0 saturated heterocycles. The van der Waals surface area contributed by atoms with Crippen molar-refractivity contribution < 1.29 is 0 Å². The summed E-state index contributed by atoms with van der Waals surface area (Å²) in [6.07, 6.45) is 8.27. The lowest BCUT2D eigenvalue weighted by Crippen LogP contribution is -2.05. The Labute approximate surface area is 117 Å². The second-order valence-electron chi connectivity index (χ2n) is 4.75. The summed E-state index contributed by atoms with van der Waals surface area (Å²) in [5.41, 5.74) is 8.92. The van der Waals surface area contributed by atoms with Crippen molar-refractivity contribution in [2.24, 2.45) is 0 Å². The summed E-state index contributed by atoms with van der Waals surface area (Å²) < 4.78 is 2.16. The summed E-state index contributed by atoms with van der Waals surface area (Å²) in [6.45, 7) is 0.806. The fourth-order valence-corrected chi connectivity index (χ4v) is 2.15. The highest BCUT2D eigenvalue weighted by molar-refractivity contribution is 5.39. The lowest BCUT2D eigenvalue weighted by molar-refractivity contribution is 0.740. The number of hydrogen-bond donors (Lipinski definition) is 1. The molecular formula is C16H16N4. The van der Waals surface area contributed by atoms with Gasteiger partial charge in [0.05, 0.1) is 0 Å². The van der Waals surface area contributed by atoms with Crippen LogP contribution in [0.1, 0.15) is 17.0 Å². The molecule has 3 rings (SSSR count). The van der Waals surface area contributed by atoms with Crippen LogP contribution >= 0.6 is 0 Å². The van der Waals surface area contributed by atoms with Crippen LogP contribution in [0.15, 0.2) is 61.2 Å². The van der Waals surface area contributed by atoms with E-state index in [0.717, 1.165) is 24.5 Å². The number of nitrogens with two attached hydrogens (primary N) is 1. The molecule has 0 aliphatic carbocycles. The number of aromatic nitrogens is 3. The van der Waals surface area contributed by atoms with E-state index in [-0.39, 0.29) is 0 Å². The summed E-state index contributed by atoms with van der Waals surface area (Å²) in [6, 6.07) is 12.0. The first-order valence-electron chi connectivity index (χ1n) is 6.54. The predicted molar refractivity (Wildman–Crippen MR) is 79.2 cm³/mol. The second-order valence-corrected chi connectivity index (χ2v) is 4.75. The Balaban J connectivity index is 1.78. The maximum absolute atomic E-state index is 5.71. The molecule has 0 spiro atoms. The summed E-state index contributed by atoms with van der Waals surface area (Å²) >= 11 is 0. The van der Waals surface area contributed by atoms with Crippen molar-refractivity contribution in [3.63, 3.8) is 0 Å². The minimum Gasteiger partial charge on any atom is -0.399 e. The molecule has 2 aromatic heterocycles. The van der Waals surface area contributed by atoms with Gasteiger partial charge in [-0.3, -0.25) is 4.98 Å². The van der Waals surface area contributed by atoms with E-state index in [1.54, 1.807) is 0 Å². The topological polar surface area (TPSA) is 56.7 Å². The van der Waals surface area contributed by atoms with E-state index in [2.05, 4.69) is 14.5 Å². The molecule has 4 heteroatoms. The van der Waals surface area contributed by atoms with E-state index < -0.39 is 0 Å². The average Bonchev–Trinajstić information content (AvgIpc) is 2.90. The molecule has 0 unspecified atom stereocenters. The minimum absolute atomic E-state index is 0.788. The van der Waals surface area contributed by atoms with Crippen molar-refractivity contribution >= 4 is 5.69 Å². The van der Waals surface area contributed by atoms with Crippen LogP contribution in [-0.4, -0.2) is 14.5 Å². The Kier molecular flexibility index (Phi) is 3.46. The Morgan fingerprint density at radius 1 is 0.900 bits per heavy atom. The largest absolute Gasteiger partial charge is 0.399 e. The number of rotatable bonds is 4. The van der Waals surface area contributed by atoms with Crippen LogP contribution in [0.5, 0.6) is 0 Å². The zero-order chi connectivity index (χ0) is 13.8. The van der Waals surface area contributed by atoms with Crippen molar-refractivity contribution in [3.05, 3.63) is 78.1 Å². The zero-order valence-corrected chi connectivity index (χ0v) is 11.1. The first kappa shape index (κ1) is 12.4. The lowest BCUT2D eigenvalue weighted by atomic mass is 10.2. The zero-order valence-electron chi connectivity index (χ0n) is 11.1. The average molecular weight is 264 g/mol. The molecule has 2 N–H and O–H groups in total. The molecule has 0 atom stereocenters. The first-order chi connectivity index (χ1) is 9.81. The van der Waals surface area contributed by atoms with Gasteiger partial charge in [-0.1, -0.05) is 12.1 Å². The van der Waals surface area contributed by atoms with Gasteiger partial charge in [0.15, 0.2) is 0 Å². The van der Waals surface area contributed by atoms with E-state index >= 15 is 0 Å². The van der Waals surface area contributed by atoms with Gasteiger partial charge in [0, 0.05) is 43.4 Å². The monoisotopic (exact) mass is 264 g/mol. The summed E-state index contributed by atoms with van der Waals surface area (Å²) in [5, 5.41) is 0. The van der Waals surface area contributed by atoms with Gasteiger partial charge in [0.25, 0.3) is 0 Å². The third kappa shape index (κ3) is 2.85. The number of benzene rings is 1. The van der Waals surface area contributed by atoms with E-state index in [1.807, 2.05) is 61.2 Å². The molecule has 0 aliphatic heterocycles. The third-order valence-electron chi connectivity index (χ3n) is 3.25. The van der Waals surface area contributed by atoms with Crippen molar-refractivity contribution in [2.75, 3.05) is 5.73 Å². The molecule has 1 aromatic carbocycles. The number of pyridine rings is 1. The molecular weight excluding hydrogens is 248 g/mol. The van der Waals surface area contributed by atoms with Gasteiger partial charge in [0.1, 0.15) is 5.82 Å². The summed E-state index contributed by atoms with van der Waals surface area (Å²) in [7, 11) is 0. The summed E-state index contributed by atoms with van der Waals surface area (Å²) in [4.78, 5) is 8.48. The third-order valence-corrected chi connectivity index (χ3v) is 3.25. The lowest BCUT2D eigenvalue weighted by Gasteiger charge is -2.08. The molecule has 0 fully saturated rings. The molecule has 0 aliphatic rings. The highest BCUT2D eigenvalue weighted by Crippen LogP contribution is 2.11. The molecule has 2 heterocycles. The molecule has 4 nitrogen and oxygen atoms in total. The van der Waals surface area contributed by atoms with Crippen LogP contribution < -0.4 is 5.73 Å². The van der Waals surface area contributed by atoms with Gasteiger partial charge < -0.3 is 10.3 Å². The molecule has 3 aromatic rings. The van der Waals surface area contributed by atoms with Gasteiger partial charge in [-0.2, -0.15) is 0 Å². The fraction of sp³-hybridized carbons (Fsp3) is 0.125. The highest BCUT2D eigenvalue weighted by Gasteiger charge is 2.04. The maximum Gasteiger partial charge on any atom is 0.113 e. The van der Waals surface area contributed by atoms with Crippen LogP contribution in [0.3, 0.4) is 0 Å². The van der Waals surface area contributed by atoms with Gasteiger partial charge in [-0.05, 0) is 35.4 Å². The molecule has 0 bridgehead atoms. The number of nitrogens with zero attached hydrogens (tertiary/aromatic N) is 3. The van der Waals surface area contributed by atoms with Crippen molar-refractivity contribution in [2.45, 2.75) is 13.0 Å². The van der Waals surface area contributed by atoms with E-state index in [4.69, 9.17) is 5.73 Å². The fourth-order valence-electron chi connectivity index (χ4n) is 2.15. The van der Waals surface area contributed by atoms with Crippen molar-refractivity contribution in [1.29, 1.82) is 0 Å². The van der Waals surface area contributed by atoms with Crippen LogP contribution in [0, 0.1) is 0 Å². The standard InChI is InChI=1S/C16H16N4/c17-15-3-1-14(2-4-15)12-20-10-9-19-16(20)11-13-5-7-18-8-6-13/h1-10H,11-12,17H2. The number of nitrogen functional groups attached to an aromatic ring is 1. The van der Waals surface area contributed by atoms with E-state index in [0.29, 0.717) is 0 Å². The molecule has 0 amide bonds. The quantitative estimate of drug-likeness (QED) is 0.737. The maximum atomic E-state index is 5.71. The van der Waals surface area contributed by atoms with Crippen LogP contribution in [0.2, 0.25) is 0 Å². The number of imidazole rings is 1. The van der Waals surface area contributed by atoms with Crippen molar-refractivity contribution in [3.8, 4) is 0 Å². The second kappa shape index (κ2) is 5.57. The molecule has 0 radical (unpaired) electrons. The van der Waals surface area contributed by atoms with Crippen molar-refractivity contribution in [1.82, 2.24) is 14.5 Å². The van der Waals surface area contributed by atoms with Gasteiger partial charge in [-0.15, -0.1) is 0 Å². The number of hydrogen-bond acceptors (Lipinski definition) is 3. The predicted octanol–water partition coefficient (Wildman–Crippen LogP) is 2.50. The smallest absolute Gasteiger partial charge is 0.113 e. The van der Waals surface area contributed by atoms with Crippen LogP contribution in [0.4, 0.5) is 5.69 Å². The first-order valence-corrected chi connectivity index (χ1v) is 6.54. The molecule has 20 heavy (non-hydrogen) atoms. The van der Waals surface area contributed by atoms with Gasteiger partial charge >= 0.3 is 0 Å². The Morgan fingerprint density at radius 2 is 1.65 bits per heavy atom.